The van der Waals surface area contributed by atoms with Crippen molar-refractivity contribution in [2.45, 2.75) is 57.0 Å². The lowest BCUT2D eigenvalue weighted by Gasteiger charge is -2.27. The normalized spacial score (nSPS) is 19.6. The summed E-state index contributed by atoms with van der Waals surface area (Å²) in [6.07, 6.45) is -0.723. The molecule has 4 aliphatic heterocycles. The predicted octanol–water partition coefficient (Wildman–Crippen LogP) is -1.00. The summed E-state index contributed by atoms with van der Waals surface area (Å²) in [5.74, 6) is -3.70. The van der Waals surface area contributed by atoms with E-state index in [1.807, 2.05) is 0 Å². The number of hydrogen-bond donors (Lipinski definition) is 4. The van der Waals surface area contributed by atoms with Crippen LogP contribution in [0.25, 0.3) is 0 Å². The summed E-state index contributed by atoms with van der Waals surface area (Å²) in [6, 6.07) is 13.2. The van der Waals surface area contributed by atoms with Crippen LogP contribution < -0.4 is 26.3 Å². The number of nitrogens with zero attached hydrogens (tertiary/aromatic N) is 2. The summed E-state index contributed by atoms with van der Waals surface area (Å²) in [5, 5.41) is 26.6. The molecule has 16 nitrogen and oxygen atoms in total. The van der Waals surface area contributed by atoms with Crippen LogP contribution in [0.5, 0.6) is 5.75 Å². The van der Waals surface area contributed by atoms with Gasteiger partial charge in [-0.25, -0.2) is 4.79 Å². The van der Waals surface area contributed by atoms with Crippen LogP contribution in [-0.4, -0.2) is 95.5 Å². The van der Waals surface area contributed by atoms with Crippen molar-refractivity contribution in [1.82, 2.24) is 20.6 Å². The van der Waals surface area contributed by atoms with Crippen molar-refractivity contribution in [2.24, 2.45) is 0 Å². The number of fused-ring (bicyclic) bond motifs is 2. The summed E-state index contributed by atoms with van der Waals surface area (Å²) >= 11 is 0. The van der Waals surface area contributed by atoms with Gasteiger partial charge in [-0.3, -0.25) is 24.0 Å². The molecule has 18 heteroatoms. The average molecular weight is 724 g/mol. The third-order valence-electron chi connectivity index (χ3n) is 9.73. The third kappa shape index (κ3) is 7.26. The first-order valence-corrected chi connectivity index (χ1v) is 17.0. The molecular weight excluding hydrogens is 690 g/mol. The molecule has 5 amide bonds. The fourth-order valence-electron chi connectivity index (χ4n) is 6.98. The van der Waals surface area contributed by atoms with Crippen LogP contribution in [0.2, 0.25) is 0 Å². The van der Waals surface area contributed by atoms with Crippen molar-refractivity contribution < 1.29 is 57.7 Å². The Morgan fingerprint density at radius 1 is 0.906 bits per heavy atom. The van der Waals surface area contributed by atoms with Crippen LogP contribution in [0.4, 0.5) is 0 Å². The molecule has 4 heterocycles. The minimum absolute atomic E-state index is 0.0173. The van der Waals surface area contributed by atoms with Crippen molar-refractivity contribution >= 4 is 60.7 Å². The van der Waals surface area contributed by atoms with Gasteiger partial charge in [0.1, 0.15) is 11.8 Å². The Bertz CT molecular complexity index is 2000. The number of likely N-dealkylation sites (tertiary alicyclic amines) is 1. The summed E-state index contributed by atoms with van der Waals surface area (Å²) in [6.45, 7) is 0.311. The van der Waals surface area contributed by atoms with Crippen molar-refractivity contribution in [1.29, 1.82) is 0 Å². The summed E-state index contributed by atoms with van der Waals surface area (Å²) < 4.78 is 16.0. The Kier molecular flexibility index (Phi) is 10.0. The molecule has 0 aliphatic carbocycles. The maximum Gasteiger partial charge on any atom is 0.491 e. The Labute approximate surface area is 303 Å². The van der Waals surface area contributed by atoms with Gasteiger partial charge in [-0.1, -0.05) is 30.3 Å². The molecule has 3 aromatic rings. The molecule has 0 spiro atoms. The number of carbonyl (C=O) groups excluding carboxylic acids is 6. The lowest BCUT2D eigenvalue weighted by atomic mass is 9.78. The van der Waals surface area contributed by atoms with Crippen LogP contribution in [0.1, 0.15) is 69.1 Å². The van der Waals surface area contributed by atoms with E-state index >= 15 is 0 Å². The Hall–Kier alpha value is -5.55. The molecule has 272 valence electrons. The SMILES string of the molecule is COc1ccccc1[C@H](CC(=O)ON1C(=O)CCC1=O)NC(=O)[C@@H]1C[C@@H](NC(=O)c2ccc3c(c2)B(O)OC3)CN1C(=O)c1ccc2c(c1)B(O)OC2. The number of rotatable bonds is 10. The molecule has 4 aliphatic rings. The highest BCUT2D eigenvalue weighted by Gasteiger charge is 2.43. The second-order valence-electron chi connectivity index (χ2n) is 13.1. The van der Waals surface area contributed by atoms with E-state index in [9.17, 15) is 38.8 Å². The molecule has 0 bridgehead atoms. The smallest absolute Gasteiger partial charge is 0.491 e. The molecule has 2 fully saturated rings. The lowest BCUT2D eigenvalue weighted by molar-refractivity contribution is -0.197. The van der Waals surface area contributed by atoms with Gasteiger partial charge in [0.25, 0.3) is 23.6 Å². The molecule has 0 radical (unpaired) electrons. The molecule has 0 unspecified atom stereocenters. The van der Waals surface area contributed by atoms with Crippen molar-refractivity contribution in [3.05, 3.63) is 88.5 Å². The van der Waals surface area contributed by atoms with Gasteiger partial charge in [-0.2, -0.15) is 0 Å². The number of carbonyl (C=O) groups is 6. The number of amides is 5. The van der Waals surface area contributed by atoms with Crippen molar-refractivity contribution in [2.75, 3.05) is 13.7 Å². The van der Waals surface area contributed by atoms with E-state index in [0.29, 0.717) is 32.9 Å². The fourth-order valence-corrected chi connectivity index (χ4v) is 6.98. The van der Waals surface area contributed by atoms with Crippen LogP contribution in [-0.2, 0) is 46.5 Å². The monoisotopic (exact) mass is 724 g/mol. The van der Waals surface area contributed by atoms with Gasteiger partial charge in [0.2, 0.25) is 5.91 Å². The summed E-state index contributed by atoms with van der Waals surface area (Å²) in [7, 11) is -0.965. The van der Waals surface area contributed by atoms with E-state index in [1.165, 1.54) is 24.1 Å². The number of hydroxylamine groups is 2. The molecule has 0 saturated carbocycles. The van der Waals surface area contributed by atoms with Crippen LogP contribution in [0.3, 0.4) is 0 Å². The van der Waals surface area contributed by atoms with Gasteiger partial charge in [-0.15, -0.1) is 5.06 Å². The zero-order chi connectivity index (χ0) is 37.4. The average Bonchev–Trinajstić information content (AvgIpc) is 3.94. The summed E-state index contributed by atoms with van der Waals surface area (Å²) in [5.41, 5.74) is 3.17. The maximum absolute atomic E-state index is 14.3. The van der Waals surface area contributed by atoms with Gasteiger partial charge in [-0.05, 0) is 58.8 Å². The van der Waals surface area contributed by atoms with Gasteiger partial charge in [0.15, 0.2) is 0 Å². The van der Waals surface area contributed by atoms with E-state index in [1.54, 1.807) is 48.5 Å². The topological polar surface area (TPSA) is 210 Å². The van der Waals surface area contributed by atoms with Crippen LogP contribution >= 0.6 is 0 Å². The molecule has 2 saturated heterocycles. The van der Waals surface area contributed by atoms with Gasteiger partial charge in [0.05, 0.1) is 32.8 Å². The van der Waals surface area contributed by atoms with Gasteiger partial charge >= 0.3 is 20.2 Å². The molecule has 3 aromatic carbocycles. The minimum Gasteiger partial charge on any atom is -0.496 e. The number of ether oxygens (including phenoxy) is 1. The zero-order valence-electron chi connectivity index (χ0n) is 28.5. The van der Waals surface area contributed by atoms with Crippen molar-refractivity contribution in [3.8, 4) is 5.75 Å². The molecule has 7 rings (SSSR count). The quantitative estimate of drug-likeness (QED) is 0.147. The highest BCUT2D eigenvalue weighted by Crippen LogP contribution is 2.30. The molecule has 3 atom stereocenters. The first-order chi connectivity index (χ1) is 25.5. The molecular formula is C35H34B2N4O12. The van der Waals surface area contributed by atoms with Crippen molar-refractivity contribution in [3.63, 3.8) is 0 Å². The number of methoxy groups -OCH3 is 1. The maximum atomic E-state index is 14.3. The lowest BCUT2D eigenvalue weighted by Crippen LogP contribution is -2.47. The van der Waals surface area contributed by atoms with E-state index in [2.05, 4.69) is 10.6 Å². The standard InChI is InChI=1S/C35H34B2N4O12/c1-50-29-5-3-2-4-24(29)27(15-32(44)53-41-30(42)10-11-31(41)43)39-34(46)28-14-23(38-33(45)19-6-8-21-17-51-36(48)25(21)12-19)16-40(28)35(47)20-7-9-22-18-52-37(49)26(22)13-20/h2-9,12-13,23,27-28,48-49H,10-11,14-18H2,1H3,(H,38,45)(H,39,46)/t23-,27+,28+/m1/s1. The molecule has 4 N–H and O–H groups in total. The highest BCUT2D eigenvalue weighted by molar-refractivity contribution is 6.62. The number of nitrogens with one attached hydrogen (secondary N) is 2. The second-order valence-corrected chi connectivity index (χ2v) is 13.1. The van der Waals surface area contributed by atoms with Gasteiger partial charge in [0, 0.05) is 42.1 Å². The molecule has 53 heavy (non-hydrogen) atoms. The van der Waals surface area contributed by atoms with E-state index in [4.69, 9.17) is 18.9 Å². The zero-order valence-corrected chi connectivity index (χ0v) is 28.5. The number of hydrogen-bond acceptors (Lipinski definition) is 12. The second kappa shape index (κ2) is 14.8. The van der Waals surface area contributed by atoms with E-state index < -0.39 is 74.3 Å². The summed E-state index contributed by atoms with van der Waals surface area (Å²) in [4.78, 5) is 85.6. The first kappa shape index (κ1) is 35.8. The largest absolute Gasteiger partial charge is 0.496 e. The number of para-hydroxylation sites is 1. The third-order valence-corrected chi connectivity index (χ3v) is 9.73. The fraction of sp³-hybridized carbons (Fsp3) is 0.314. The minimum atomic E-state index is -1.22. The Morgan fingerprint density at radius 2 is 1.53 bits per heavy atom. The van der Waals surface area contributed by atoms with Gasteiger partial charge < -0.3 is 44.5 Å². The van der Waals surface area contributed by atoms with Crippen LogP contribution in [0, 0.1) is 0 Å². The Balaban J connectivity index is 1.15. The van der Waals surface area contributed by atoms with E-state index in [-0.39, 0.29) is 50.1 Å². The molecule has 0 aromatic heterocycles. The Morgan fingerprint density at radius 3 is 2.19 bits per heavy atom. The first-order valence-electron chi connectivity index (χ1n) is 17.0. The van der Waals surface area contributed by atoms with Crippen LogP contribution in [0.15, 0.2) is 60.7 Å². The van der Waals surface area contributed by atoms with E-state index in [0.717, 1.165) is 5.56 Å². The number of imide groups is 1. The number of benzene rings is 3. The predicted molar refractivity (Wildman–Crippen MR) is 184 cm³/mol. The highest BCUT2D eigenvalue weighted by atomic mass is 16.7.